The highest BCUT2D eigenvalue weighted by Crippen LogP contribution is 2.30. The SMILES string of the molecule is COc1ncnc(NC2CCN3CCCCC23)c1C. The van der Waals surface area contributed by atoms with Crippen molar-refractivity contribution >= 4 is 5.82 Å². The number of hydrogen-bond donors (Lipinski definition) is 1. The molecule has 5 nitrogen and oxygen atoms in total. The standard InChI is InChI=1S/C14H22N4O/c1-10-13(15-9-16-14(10)19-2)17-11-6-8-18-7-4-3-5-12(11)18/h9,11-12H,3-8H2,1-2H3,(H,15,16,17). The van der Waals surface area contributed by atoms with Gasteiger partial charge >= 0.3 is 0 Å². The van der Waals surface area contributed by atoms with Gasteiger partial charge in [0.05, 0.1) is 12.7 Å². The van der Waals surface area contributed by atoms with Crippen LogP contribution in [0.1, 0.15) is 31.2 Å². The van der Waals surface area contributed by atoms with Crippen LogP contribution in [-0.4, -0.2) is 47.2 Å². The Morgan fingerprint density at radius 2 is 2.16 bits per heavy atom. The number of aromatic nitrogens is 2. The molecule has 1 aromatic heterocycles. The molecule has 1 aromatic rings. The van der Waals surface area contributed by atoms with Crippen molar-refractivity contribution in [2.45, 2.75) is 44.7 Å². The van der Waals surface area contributed by atoms with Crippen LogP contribution in [0.4, 0.5) is 5.82 Å². The van der Waals surface area contributed by atoms with E-state index in [1.807, 2.05) is 6.92 Å². The van der Waals surface area contributed by atoms with Gasteiger partial charge in [-0.1, -0.05) is 6.42 Å². The Balaban J connectivity index is 1.75. The molecule has 0 aromatic carbocycles. The molecule has 0 bridgehead atoms. The number of rotatable bonds is 3. The first-order chi connectivity index (χ1) is 9.29. The molecule has 3 heterocycles. The van der Waals surface area contributed by atoms with E-state index in [0.717, 1.165) is 11.4 Å². The van der Waals surface area contributed by atoms with E-state index in [-0.39, 0.29) is 0 Å². The van der Waals surface area contributed by atoms with Crippen LogP contribution in [0.5, 0.6) is 5.88 Å². The molecule has 2 aliphatic rings. The molecule has 3 rings (SSSR count). The van der Waals surface area contributed by atoms with E-state index in [0.29, 0.717) is 18.0 Å². The maximum atomic E-state index is 5.26. The fraction of sp³-hybridized carbons (Fsp3) is 0.714. The Morgan fingerprint density at radius 3 is 3.00 bits per heavy atom. The minimum atomic E-state index is 0.513. The third kappa shape index (κ3) is 2.39. The summed E-state index contributed by atoms with van der Waals surface area (Å²) in [4.78, 5) is 11.1. The number of fused-ring (bicyclic) bond motifs is 1. The van der Waals surface area contributed by atoms with E-state index in [4.69, 9.17) is 4.74 Å². The van der Waals surface area contributed by atoms with Crippen molar-refractivity contribution in [3.05, 3.63) is 11.9 Å². The molecule has 2 unspecified atom stereocenters. The van der Waals surface area contributed by atoms with Crippen LogP contribution in [0.15, 0.2) is 6.33 Å². The molecule has 2 atom stereocenters. The topological polar surface area (TPSA) is 50.3 Å². The first-order valence-electron chi connectivity index (χ1n) is 7.16. The highest BCUT2D eigenvalue weighted by atomic mass is 16.5. The monoisotopic (exact) mass is 262 g/mol. The van der Waals surface area contributed by atoms with Crippen LogP contribution >= 0.6 is 0 Å². The molecule has 104 valence electrons. The number of hydrogen-bond acceptors (Lipinski definition) is 5. The van der Waals surface area contributed by atoms with Crippen molar-refractivity contribution in [3.8, 4) is 5.88 Å². The lowest BCUT2D eigenvalue weighted by Crippen LogP contribution is -2.41. The fourth-order valence-electron chi connectivity index (χ4n) is 3.38. The smallest absolute Gasteiger partial charge is 0.221 e. The average Bonchev–Trinajstić information content (AvgIpc) is 2.85. The third-order valence-corrected chi connectivity index (χ3v) is 4.41. The van der Waals surface area contributed by atoms with E-state index >= 15 is 0 Å². The zero-order chi connectivity index (χ0) is 13.2. The van der Waals surface area contributed by atoms with Crippen molar-refractivity contribution < 1.29 is 4.74 Å². The molecular weight excluding hydrogens is 240 g/mol. The summed E-state index contributed by atoms with van der Waals surface area (Å²) in [6.45, 7) is 4.48. The maximum absolute atomic E-state index is 5.26. The number of methoxy groups -OCH3 is 1. The van der Waals surface area contributed by atoms with Crippen LogP contribution in [0.3, 0.4) is 0 Å². The summed E-state index contributed by atoms with van der Waals surface area (Å²) < 4.78 is 5.26. The predicted octanol–water partition coefficient (Wildman–Crippen LogP) is 1.83. The van der Waals surface area contributed by atoms with Crippen molar-refractivity contribution in [1.29, 1.82) is 0 Å². The Labute approximate surface area is 114 Å². The molecule has 0 amide bonds. The van der Waals surface area contributed by atoms with Gasteiger partial charge in [-0.25, -0.2) is 9.97 Å². The predicted molar refractivity (Wildman–Crippen MR) is 74.6 cm³/mol. The molecule has 1 N–H and O–H groups in total. The highest BCUT2D eigenvalue weighted by molar-refractivity contribution is 5.48. The zero-order valence-corrected chi connectivity index (χ0v) is 11.7. The number of anilines is 1. The maximum Gasteiger partial charge on any atom is 0.221 e. The summed E-state index contributed by atoms with van der Waals surface area (Å²) in [5.41, 5.74) is 0.999. The van der Waals surface area contributed by atoms with E-state index in [1.165, 1.54) is 38.8 Å². The van der Waals surface area contributed by atoms with Gasteiger partial charge in [0.15, 0.2) is 0 Å². The van der Waals surface area contributed by atoms with E-state index in [9.17, 15) is 0 Å². The van der Waals surface area contributed by atoms with Crippen molar-refractivity contribution in [1.82, 2.24) is 14.9 Å². The average molecular weight is 262 g/mol. The van der Waals surface area contributed by atoms with Gasteiger partial charge in [-0.2, -0.15) is 0 Å². The Bertz CT molecular complexity index is 451. The number of nitrogens with zero attached hydrogens (tertiary/aromatic N) is 3. The van der Waals surface area contributed by atoms with Gasteiger partial charge in [0.1, 0.15) is 12.1 Å². The number of nitrogens with one attached hydrogen (secondary N) is 1. The third-order valence-electron chi connectivity index (χ3n) is 4.41. The zero-order valence-electron chi connectivity index (χ0n) is 11.7. The molecule has 0 spiro atoms. The molecule has 2 fully saturated rings. The molecule has 0 radical (unpaired) electrons. The van der Waals surface area contributed by atoms with Crippen LogP contribution in [0.25, 0.3) is 0 Å². The molecule has 0 aliphatic carbocycles. The van der Waals surface area contributed by atoms with Crippen molar-refractivity contribution in [2.24, 2.45) is 0 Å². The van der Waals surface area contributed by atoms with E-state index in [2.05, 4.69) is 20.2 Å². The lowest BCUT2D eigenvalue weighted by molar-refractivity contribution is 0.192. The number of ether oxygens (including phenoxy) is 1. The Kier molecular flexibility index (Phi) is 3.55. The highest BCUT2D eigenvalue weighted by Gasteiger charge is 2.35. The molecule has 2 aliphatic heterocycles. The summed E-state index contributed by atoms with van der Waals surface area (Å²) in [6, 6.07) is 1.19. The molecule has 19 heavy (non-hydrogen) atoms. The summed E-state index contributed by atoms with van der Waals surface area (Å²) in [5, 5.41) is 3.61. The lowest BCUT2D eigenvalue weighted by atomic mass is 9.99. The van der Waals surface area contributed by atoms with E-state index < -0.39 is 0 Å². The van der Waals surface area contributed by atoms with Crippen molar-refractivity contribution in [3.63, 3.8) is 0 Å². The van der Waals surface area contributed by atoms with Gasteiger partial charge in [0.25, 0.3) is 0 Å². The van der Waals surface area contributed by atoms with Crippen molar-refractivity contribution in [2.75, 3.05) is 25.5 Å². The fourth-order valence-corrected chi connectivity index (χ4v) is 3.38. The van der Waals surface area contributed by atoms with Gasteiger partial charge in [0, 0.05) is 18.6 Å². The summed E-state index contributed by atoms with van der Waals surface area (Å²) in [7, 11) is 1.65. The minimum Gasteiger partial charge on any atom is -0.481 e. The lowest BCUT2D eigenvalue weighted by Gasteiger charge is -2.32. The second-order valence-electron chi connectivity index (χ2n) is 5.50. The first kappa shape index (κ1) is 12.7. The molecule has 2 saturated heterocycles. The van der Waals surface area contributed by atoms with Crippen LogP contribution in [-0.2, 0) is 0 Å². The second kappa shape index (κ2) is 5.33. The first-order valence-corrected chi connectivity index (χ1v) is 7.16. The van der Waals surface area contributed by atoms with Gasteiger partial charge in [-0.15, -0.1) is 0 Å². The largest absolute Gasteiger partial charge is 0.481 e. The Hall–Kier alpha value is -1.36. The quantitative estimate of drug-likeness (QED) is 0.900. The summed E-state index contributed by atoms with van der Waals surface area (Å²) in [6.07, 6.45) is 6.78. The van der Waals surface area contributed by atoms with Gasteiger partial charge in [0.2, 0.25) is 5.88 Å². The molecular formula is C14H22N4O. The Morgan fingerprint density at radius 1 is 1.26 bits per heavy atom. The second-order valence-corrected chi connectivity index (χ2v) is 5.50. The van der Waals surface area contributed by atoms with Crippen LogP contribution in [0.2, 0.25) is 0 Å². The molecule has 5 heteroatoms. The molecule has 0 saturated carbocycles. The number of piperidine rings is 1. The van der Waals surface area contributed by atoms with Crippen LogP contribution < -0.4 is 10.1 Å². The van der Waals surface area contributed by atoms with Gasteiger partial charge in [-0.05, 0) is 32.7 Å². The summed E-state index contributed by atoms with van der Waals surface area (Å²) in [5.74, 6) is 1.58. The minimum absolute atomic E-state index is 0.513. The normalized spacial score (nSPS) is 27.1. The van der Waals surface area contributed by atoms with Crippen LogP contribution in [0, 0.1) is 6.92 Å². The van der Waals surface area contributed by atoms with Gasteiger partial charge < -0.3 is 10.1 Å². The van der Waals surface area contributed by atoms with E-state index in [1.54, 1.807) is 13.4 Å². The van der Waals surface area contributed by atoms with Gasteiger partial charge in [-0.3, -0.25) is 4.90 Å². The summed E-state index contributed by atoms with van der Waals surface area (Å²) >= 11 is 0.